The van der Waals surface area contributed by atoms with E-state index >= 15 is 0 Å². The monoisotopic (exact) mass is 333 g/mol. The van der Waals surface area contributed by atoms with Crippen LogP contribution in [0.1, 0.15) is 32.2 Å². The number of hydrogen-bond donors (Lipinski definition) is 0. The van der Waals surface area contributed by atoms with Crippen LogP contribution in [0.15, 0.2) is 29.4 Å². The highest BCUT2D eigenvalue weighted by atomic mass is 32.2. The van der Waals surface area contributed by atoms with Gasteiger partial charge in [-0.3, -0.25) is 9.36 Å². The van der Waals surface area contributed by atoms with Crippen molar-refractivity contribution in [3.05, 3.63) is 30.1 Å². The largest absolute Gasteiger partial charge is 0.462 e. The summed E-state index contributed by atoms with van der Waals surface area (Å²) in [5, 5.41) is 8.82. The third-order valence-electron chi connectivity index (χ3n) is 4.07. The Morgan fingerprint density at radius 3 is 2.74 bits per heavy atom. The van der Waals surface area contributed by atoms with Crippen LogP contribution in [0.25, 0.3) is 11.4 Å². The van der Waals surface area contributed by atoms with Crippen LogP contribution in [0.4, 0.5) is 4.39 Å². The van der Waals surface area contributed by atoms with E-state index in [9.17, 15) is 9.18 Å². The maximum Gasteiger partial charge on any atom is 0.319 e. The fourth-order valence-electron chi connectivity index (χ4n) is 2.79. The molecular formula is C16H16FN3O2S. The number of cyclic esters (lactones) is 1. The molecule has 7 heteroatoms. The molecule has 0 radical (unpaired) electrons. The minimum atomic E-state index is -0.313. The lowest BCUT2D eigenvalue weighted by Crippen LogP contribution is -2.11. The average Bonchev–Trinajstić information content (AvgIpc) is 3.20. The molecule has 2 fully saturated rings. The van der Waals surface area contributed by atoms with E-state index in [-0.39, 0.29) is 29.2 Å². The second-order valence-corrected chi connectivity index (χ2v) is 7.15. The third-order valence-corrected chi connectivity index (χ3v) is 5.22. The number of ether oxygens (including phenoxy) is 1. The van der Waals surface area contributed by atoms with Gasteiger partial charge in [-0.15, -0.1) is 10.2 Å². The molecule has 2 aliphatic rings. The molecule has 1 aromatic heterocycles. The Labute approximate surface area is 137 Å². The quantitative estimate of drug-likeness (QED) is 0.804. The zero-order valence-electron chi connectivity index (χ0n) is 12.6. The van der Waals surface area contributed by atoms with E-state index in [1.54, 1.807) is 18.2 Å². The molecule has 0 spiro atoms. The summed E-state index contributed by atoms with van der Waals surface area (Å²) in [6.45, 7) is 1.88. The molecular weight excluding hydrogens is 317 g/mol. The van der Waals surface area contributed by atoms with Crippen molar-refractivity contribution in [3.8, 4) is 11.4 Å². The van der Waals surface area contributed by atoms with Crippen LogP contribution in [-0.2, 0) is 9.53 Å². The standard InChI is InChI=1S/C16H16FN3O2S/c1-9-8-13(15(21)22-9)23-16-19-18-14(20(16)10-6-7-10)11-4-2-3-5-12(11)17/h2-5,9-10,13H,6-8H2,1H3. The number of halogens is 1. The number of hydrogen-bond acceptors (Lipinski definition) is 5. The average molecular weight is 333 g/mol. The van der Waals surface area contributed by atoms with E-state index in [0.717, 1.165) is 12.8 Å². The summed E-state index contributed by atoms with van der Waals surface area (Å²) in [7, 11) is 0. The fraction of sp³-hybridized carbons (Fsp3) is 0.438. The zero-order chi connectivity index (χ0) is 16.0. The molecule has 4 rings (SSSR count). The number of aromatic nitrogens is 3. The number of carbonyl (C=O) groups is 1. The molecule has 1 aliphatic carbocycles. The Balaban J connectivity index is 1.69. The summed E-state index contributed by atoms with van der Waals surface area (Å²) in [5.41, 5.74) is 0.445. The molecule has 2 heterocycles. The van der Waals surface area contributed by atoms with Gasteiger partial charge in [0.15, 0.2) is 11.0 Å². The highest BCUT2D eigenvalue weighted by molar-refractivity contribution is 8.00. The van der Waals surface area contributed by atoms with Gasteiger partial charge in [0.25, 0.3) is 0 Å². The first-order chi connectivity index (χ1) is 11.1. The number of nitrogens with zero attached hydrogens (tertiary/aromatic N) is 3. The molecule has 1 saturated heterocycles. The summed E-state index contributed by atoms with van der Waals surface area (Å²) in [6, 6.07) is 6.86. The lowest BCUT2D eigenvalue weighted by molar-refractivity contribution is -0.140. The molecule has 0 bridgehead atoms. The minimum Gasteiger partial charge on any atom is -0.462 e. The number of benzene rings is 1. The first-order valence-corrected chi connectivity index (χ1v) is 8.58. The van der Waals surface area contributed by atoms with E-state index in [4.69, 9.17) is 4.74 Å². The van der Waals surface area contributed by atoms with E-state index < -0.39 is 0 Å². The third kappa shape index (κ3) is 2.73. The summed E-state index contributed by atoms with van der Waals surface area (Å²) in [6.07, 6.45) is 2.65. The Morgan fingerprint density at radius 1 is 1.30 bits per heavy atom. The van der Waals surface area contributed by atoms with Crippen LogP contribution in [0.3, 0.4) is 0 Å². The van der Waals surface area contributed by atoms with Crippen LogP contribution in [0.2, 0.25) is 0 Å². The molecule has 1 aromatic carbocycles. The maximum atomic E-state index is 14.1. The van der Waals surface area contributed by atoms with Crippen molar-refractivity contribution in [3.63, 3.8) is 0 Å². The van der Waals surface area contributed by atoms with Gasteiger partial charge in [0.1, 0.15) is 17.2 Å². The molecule has 120 valence electrons. The van der Waals surface area contributed by atoms with Crippen LogP contribution in [0, 0.1) is 5.82 Å². The van der Waals surface area contributed by atoms with Gasteiger partial charge < -0.3 is 4.74 Å². The Hall–Kier alpha value is -1.89. The lowest BCUT2D eigenvalue weighted by Gasteiger charge is -2.10. The maximum absolute atomic E-state index is 14.1. The molecule has 0 amide bonds. The zero-order valence-corrected chi connectivity index (χ0v) is 13.4. The smallest absolute Gasteiger partial charge is 0.319 e. The SMILES string of the molecule is CC1CC(Sc2nnc(-c3ccccc3F)n2C2CC2)C(=O)O1. The molecule has 5 nitrogen and oxygen atoms in total. The van der Waals surface area contributed by atoms with Crippen molar-refractivity contribution in [1.82, 2.24) is 14.8 Å². The van der Waals surface area contributed by atoms with E-state index in [1.807, 2.05) is 11.5 Å². The molecule has 2 aromatic rings. The van der Waals surface area contributed by atoms with Crippen LogP contribution in [-0.4, -0.2) is 32.1 Å². The fourth-order valence-corrected chi connectivity index (χ4v) is 4.00. The highest BCUT2D eigenvalue weighted by Crippen LogP contribution is 2.43. The van der Waals surface area contributed by atoms with Crippen molar-refractivity contribution in [1.29, 1.82) is 0 Å². The number of thioether (sulfide) groups is 1. The van der Waals surface area contributed by atoms with E-state index in [1.165, 1.54) is 17.8 Å². The molecule has 23 heavy (non-hydrogen) atoms. The normalized spacial score (nSPS) is 24.0. The van der Waals surface area contributed by atoms with Crippen LogP contribution in [0.5, 0.6) is 0 Å². The lowest BCUT2D eigenvalue weighted by atomic mass is 10.2. The summed E-state index contributed by atoms with van der Waals surface area (Å²) in [5.74, 6) is 0.0139. The van der Waals surface area contributed by atoms with Gasteiger partial charge in [-0.05, 0) is 31.9 Å². The van der Waals surface area contributed by atoms with Gasteiger partial charge in [0, 0.05) is 12.5 Å². The Bertz CT molecular complexity index is 760. The molecule has 1 aliphatic heterocycles. The summed E-state index contributed by atoms with van der Waals surface area (Å²) >= 11 is 1.37. The van der Waals surface area contributed by atoms with Crippen molar-refractivity contribution in [2.45, 2.75) is 48.7 Å². The summed E-state index contributed by atoms with van der Waals surface area (Å²) < 4.78 is 21.3. The number of esters is 1. The first-order valence-electron chi connectivity index (χ1n) is 7.70. The molecule has 0 N–H and O–H groups in total. The van der Waals surface area contributed by atoms with Crippen LogP contribution < -0.4 is 0 Å². The Morgan fingerprint density at radius 2 is 2.09 bits per heavy atom. The van der Waals surface area contributed by atoms with Gasteiger partial charge in [0.2, 0.25) is 0 Å². The first kappa shape index (κ1) is 14.7. The molecule has 1 saturated carbocycles. The minimum absolute atomic E-state index is 0.0664. The Kier molecular flexibility index (Phi) is 3.60. The number of carbonyl (C=O) groups excluding carboxylic acids is 1. The van der Waals surface area contributed by atoms with E-state index in [0.29, 0.717) is 23.0 Å². The predicted octanol–water partition coefficient (Wildman–Crippen LogP) is 3.22. The van der Waals surface area contributed by atoms with Crippen molar-refractivity contribution < 1.29 is 13.9 Å². The summed E-state index contributed by atoms with van der Waals surface area (Å²) in [4.78, 5) is 11.9. The second kappa shape index (κ2) is 5.63. The van der Waals surface area contributed by atoms with Crippen molar-refractivity contribution in [2.24, 2.45) is 0 Å². The van der Waals surface area contributed by atoms with Gasteiger partial charge >= 0.3 is 5.97 Å². The number of rotatable bonds is 4. The highest BCUT2D eigenvalue weighted by Gasteiger charge is 2.37. The molecule has 2 atom stereocenters. The van der Waals surface area contributed by atoms with E-state index in [2.05, 4.69) is 10.2 Å². The van der Waals surface area contributed by atoms with Gasteiger partial charge in [0.05, 0.1) is 5.56 Å². The van der Waals surface area contributed by atoms with Gasteiger partial charge in [-0.2, -0.15) is 0 Å². The topological polar surface area (TPSA) is 57.0 Å². The van der Waals surface area contributed by atoms with Crippen molar-refractivity contribution in [2.75, 3.05) is 0 Å². The predicted molar refractivity (Wildman–Crippen MR) is 83.5 cm³/mol. The van der Waals surface area contributed by atoms with Gasteiger partial charge in [-0.25, -0.2) is 4.39 Å². The van der Waals surface area contributed by atoms with Gasteiger partial charge in [-0.1, -0.05) is 23.9 Å². The molecule has 2 unspecified atom stereocenters. The second-order valence-electron chi connectivity index (χ2n) is 5.98. The van der Waals surface area contributed by atoms with Crippen molar-refractivity contribution >= 4 is 17.7 Å². The van der Waals surface area contributed by atoms with Crippen LogP contribution >= 0.6 is 11.8 Å².